The van der Waals surface area contributed by atoms with E-state index < -0.39 is 0 Å². The first-order valence-corrected chi connectivity index (χ1v) is 6.99. The van der Waals surface area contributed by atoms with Crippen LogP contribution in [0.3, 0.4) is 0 Å². The second kappa shape index (κ2) is 6.69. The zero-order chi connectivity index (χ0) is 12.1. The molecule has 17 heavy (non-hydrogen) atoms. The van der Waals surface area contributed by atoms with E-state index in [0.717, 1.165) is 26.1 Å². The summed E-state index contributed by atoms with van der Waals surface area (Å²) in [4.78, 5) is 2.57. The zero-order valence-electron chi connectivity index (χ0n) is 10.9. The fraction of sp³-hybridized carbons (Fsp3) is 1.00. The van der Waals surface area contributed by atoms with Gasteiger partial charge in [0.1, 0.15) is 0 Å². The lowest BCUT2D eigenvalue weighted by molar-refractivity contribution is -0.0904. The molecule has 3 unspecified atom stereocenters. The second-order valence-electron chi connectivity index (χ2n) is 5.25. The van der Waals surface area contributed by atoms with E-state index in [1.165, 1.54) is 25.7 Å². The van der Waals surface area contributed by atoms with Gasteiger partial charge in [0, 0.05) is 31.8 Å². The summed E-state index contributed by atoms with van der Waals surface area (Å²) >= 11 is 0. The van der Waals surface area contributed by atoms with Crippen molar-refractivity contribution in [2.24, 2.45) is 0 Å². The minimum atomic E-state index is 0.268. The lowest BCUT2D eigenvalue weighted by Crippen LogP contribution is -2.55. The van der Waals surface area contributed by atoms with E-state index in [9.17, 15) is 0 Å². The maximum absolute atomic E-state index is 9.05. The number of nitrogens with one attached hydrogen (secondary N) is 1. The van der Waals surface area contributed by atoms with Crippen LogP contribution in [0.1, 0.15) is 32.1 Å². The van der Waals surface area contributed by atoms with Crippen LogP contribution >= 0.6 is 0 Å². The summed E-state index contributed by atoms with van der Waals surface area (Å²) in [5.74, 6) is 0. The number of hydrogen-bond acceptors (Lipinski definition) is 4. The largest absolute Gasteiger partial charge is 0.396 e. The number of nitrogens with zero attached hydrogens (tertiary/aromatic N) is 1. The van der Waals surface area contributed by atoms with Gasteiger partial charge in [-0.15, -0.1) is 0 Å². The number of likely N-dealkylation sites (N-methyl/N-ethyl adjacent to an activating group) is 1. The van der Waals surface area contributed by atoms with Crippen molar-refractivity contribution in [3.8, 4) is 0 Å². The molecule has 1 aliphatic heterocycles. The zero-order valence-corrected chi connectivity index (χ0v) is 10.9. The van der Waals surface area contributed by atoms with Gasteiger partial charge < -0.3 is 15.2 Å². The van der Waals surface area contributed by atoms with Crippen LogP contribution in [-0.4, -0.2) is 61.5 Å². The number of hydrogen-bond donors (Lipinski definition) is 2. The van der Waals surface area contributed by atoms with E-state index in [-0.39, 0.29) is 6.61 Å². The molecule has 0 bridgehead atoms. The van der Waals surface area contributed by atoms with E-state index in [0.29, 0.717) is 18.2 Å². The standard InChI is InChI=1S/C13H26N2O2/c1-14-11(6-8-16)10-15-7-9-17-13-5-3-2-4-12(13)15/h11-14,16H,2-10H2,1H3. The summed E-state index contributed by atoms with van der Waals surface area (Å²) < 4.78 is 5.88. The van der Waals surface area contributed by atoms with Crippen molar-refractivity contribution in [3.05, 3.63) is 0 Å². The molecule has 0 aromatic carbocycles. The van der Waals surface area contributed by atoms with Crippen LogP contribution in [0.25, 0.3) is 0 Å². The minimum Gasteiger partial charge on any atom is -0.396 e. The molecule has 0 radical (unpaired) electrons. The Bertz CT molecular complexity index is 223. The van der Waals surface area contributed by atoms with Gasteiger partial charge in [-0.25, -0.2) is 0 Å². The Morgan fingerprint density at radius 2 is 2.24 bits per heavy atom. The van der Waals surface area contributed by atoms with Crippen molar-refractivity contribution in [3.63, 3.8) is 0 Å². The molecule has 2 aliphatic rings. The molecular formula is C13H26N2O2. The predicted molar refractivity (Wildman–Crippen MR) is 68.1 cm³/mol. The molecule has 1 saturated carbocycles. The molecule has 1 heterocycles. The number of fused-ring (bicyclic) bond motifs is 1. The van der Waals surface area contributed by atoms with Gasteiger partial charge in [0.15, 0.2) is 0 Å². The van der Waals surface area contributed by atoms with Crippen molar-refractivity contribution < 1.29 is 9.84 Å². The van der Waals surface area contributed by atoms with Gasteiger partial charge in [-0.3, -0.25) is 4.90 Å². The highest BCUT2D eigenvalue weighted by atomic mass is 16.5. The highest BCUT2D eigenvalue weighted by molar-refractivity contribution is 4.89. The minimum absolute atomic E-state index is 0.268. The van der Waals surface area contributed by atoms with Crippen LogP contribution in [0.4, 0.5) is 0 Å². The molecule has 3 atom stereocenters. The molecule has 0 spiro atoms. The van der Waals surface area contributed by atoms with Crippen LogP contribution in [0, 0.1) is 0 Å². The van der Waals surface area contributed by atoms with E-state index in [2.05, 4.69) is 10.2 Å². The third kappa shape index (κ3) is 3.41. The Balaban J connectivity index is 1.89. The van der Waals surface area contributed by atoms with Gasteiger partial charge in [-0.05, 0) is 26.3 Å². The van der Waals surface area contributed by atoms with E-state index in [1.807, 2.05) is 7.05 Å². The van der Waals surface area contributed by atoms with Crippen molar-refractivity contribution >= 4 is 0 Å². The van der Waals surface area contributed by atoms with Crippen molar-refractivity contribution in [2.45, 2.75) is 50.3 Å². The quantitative estimate of drug-likeness (QED) is 0.741. The van der Waals surface area contributed by atoms with Crippen LogP contribution in [0.5, 0.6) is 0 Å². The van der Waals surface area contributed by atoms with Gasteiger partial charge in [-0.1, -0.05) is 12.8 Å². The molecule has 2 fully saturated rings. The fourth-order valence-corrected chi connectivity index (χ4v) is 3.17. The van der Waals surface area contributed by atoms with Crippen LogP contribution in [0.2, 0.25) is 0 Å². The maximum Gasteiger partial charge on any atom is 0.0730 e. The summed E-state index contributed by atoms with van der Waals surface area (Å²) in [6, 6.07) is 1.02. The molecular weight excluding hydrogens is 216 g/mol. The molecule has 2 rings (SSSR count). The van der Waals surface area contributed by atoms with Crippen molar-refractivity contribution in [2.75, 3.05) is 33.4 Å². The second-order valence-corrected chi connectivity index (χ2v) is 5.25. The average Bonchev–Trinajstić information content (AvgIpc) is 2.38. The molecule has 2 N–H and O–H groups in total. The lowest BCUT2D eigenvalue weighted by atomic mass is 9.90. The number of morpholine rings is 1. The molecule has 1 saturated heterocycles. The molecule has 1 aliphatic carbocycles. The van der Waals surface area contributed by atoms with Gasteiger partial charge >= 0.3 is 0 Å². The maximum atomic E-state index is 9.05. The summed E-state index contributed by atoms with van der Waals surface area (Å²) in [7, 11) is 1.99. The predicted octanol–water partition coefficient (Wildman–Crippen LogP) is 0.600. The topological polar surface area (TPSA) is 44.7 Å². The Hall–Kier alpha value is -0.160. The molecule has 4 nitrogen and oxygen atoms in total. The Kier molecular flexibility index (Phi) is 5.22. The van der Waals surface area contributed by atoms with Gasteiger partial charge in [0.2, 0.25) is 0 Å². The summed E-state index contributed by atoms with van der Waals surface area (Å²) in [6.07, 6.45) is 6.47. The third-order valence-corrected chi connectivity index (χ3v) is 4.19. The smallest absolute Gasteiger partial charge is 0.0730 e. The molecule has 0 aromatic heterocycles. The van der Waals surface area contributed by atoms with Crippen LogP contribution in [0.15, 0.2) is 0 Å². The number of ether oxygens (including phenoxy) is 1. The number of rotatable bonds is 5. The van der Waals surface area contributed by atoms with Gasteiger partial charge in [0.05, 0.1) is 12.7 Å². The number of aliphatic hydroxyl groups is 1. The first kappa shape index (κ1) is 13.3. The average molecular weight is 242 g/mol. The SMILES string of the molecule is CNC(CCO)CN1CCOC2CCCCC21. The summed E-state index contributed by atoms with van der Waals surface area (Å²) in [5.41, 5.74) is 0. The monoisotopic (exact) mass is 242 g/mol. The Morgan fingerprint density at radius 3 is 3.00 bits per heavy atom. The summed E-state index contributed by atoms with van der Waals surface area (Å²) in [6.45, 7) is 3.23. The lowest BCUT2D eigenvalue weighted by Gasteiger charge is -2.45. The highest BCUT2D eigenvalue weighted by Gasteiger charge is 2.34. The Morgan fingerprint density at radius 1 is 1.41 bits per heavy atom. The number of aliphatic hydroxyl groups excluding tert-OH is 1. The van der Waals surface area contributed by atoms with Crippen molar-refractivity contribution in [1.29, 1.82) is 0 Å². The first-order valence-electron chi connectivity index (χ1n) is 6.99. The van der Waals surface area contributed by atoms with E-state index >= 15 is 0 Å². The third-order valence-electron chi connectivity index (χ3n) is 4.19. The van der Waals surface area contributed by atoms with E-state index in [4.69, 9.17) is 9.84 Å². The van der Waals surface area contributed by atoms with E-state index in [1.54, 1.807) is 0 Å². The van der Waals surface area contributed by atoms with Crippen molar-refractivity contribution in [1.82, 2.24) is 10.2 Å². The first-order chi connectivity index (χ1) is 8.35. The van der Waals surface area contributed by atoms with Crippen LogP contribution in [-0.2, 0) is 4.74 Å². The Labute approximate surface area is 104 Å². The highest BCUT2D eigenvalue weighted by Crippen LogP contribution is 2.28. The molecule has 0 aromatic rings. The molecule has 4 heteroatoms. The fourth-order valence-electron chi connectivity index (χ4n) is 3.17. The molecule has 100 valence electrons. The van der Waals surface area contributed by atoms with Gasteiger partial charge in [0.25, 0.3) is 0 Å². The van der Waals surface area contributed by atoms with Gasteiger partial charge in [-0.2, -0.15) is 0 Å². The normalized spacial score (nSPS) is 32.1. The summed E-state index contributed by atoms with van der Waals surface area (Å²) in [5, 5.41) is 12.3. The van der Waals surface area contributed by atoms with Crippen LogP contribution < -0.4 is 5.32 Å². The molecule has 0 amide bonds.